The van der Waals surface area contributed by atoms with Crippen LogP contribution in [-0.4, -0.2) is 54.4 Å². The lowest BCUT2D eigenvalue weighted by atomic mass is 10.0. The molecule has 27 heavy (non-hydrogen) atoms. The Morgan fingerprint density at radius 3 is 2.59 bits per heavy atom. The quantitative estimate of drug-likeness (QED) is 0.543. The Morgan fingerprint density at radius 2 is 1.85 bits per heavy atom. The van der Waals surface area contributed by atoms with E-state index in [1.54, 1.807) is 6.07 Å². The fourth-order valence-corrected chi connectivity index (χ4v) is 3.11. The molecule has 2 aliphatic heterocycles. The van der Waals surface area contributed by atoms with E-state index in [4.69, 9.17) is 9.47 Å². The minimum atomic E-state index is -0.966. The largest absolute Gasteiger partial charge is 0.491 e. The first-order valence-electron chi connectivity index (χ1n) is 9.09. The Bertz CT molecular complexity index is 775. The number of piperidine rings is 1. The molecule has 1 aromatic rings. The van der Waals surface area contributed by atoms with Gasteiger partial charge in [0.2, 0.25) is 11.8 Å². The van der Waals surface area contributed by atoms with E-state index in [0.717, 1.165) is 17.7 Å². The molecule has 1 unspecified atom stereocenters. The van der Waals surface area contributed by atoms with Gasteiger partial charge in [0.25, 0.3) is 11.8 Å². The summed E-state index contributed by atoms with van der Waals surface area (Å²) in [5, 5.41) is 2.17. The summed E-state index contributed by atoms with van der Waals surface area (Å²) in [6.07, 6.45) is 2.28. The lowest BCUT2D eigenvalue weighted by Gasteiger charge is -2.27. The van der Waals surface area contributed by atoms with Gasteiger partial charge in [0.05, 0.1) is 17.7 Å². The zero-order chi connectivity index (χ0) is 19.4. The summed E-state index contributed by atoms with van der Waals surface area (Å²) < 4.78 is 11.0. The number of hydrogen-bond donors (Lipinski definition) is 1. The maximum atomic E-state index is 12.7. The second-order valence-corrected chi connectivity index (χ2v) is 6.47. The molecule has 0 aliphatic carbocycles. The van der Waals surface area contributed by atoms with Crippen molar-refractivity contribution in [3.8, 4) is 5.75 Å². The van der Waals surface area contributed by atoms with Crippen LogP contribution in [0.15, 0.2) is 18.2 Å². The number of unbranched alkanes of at least 4 members (excludes halogenated alkanes) is 1. The smallest absolute Gasteiger partial charge is 0.262 e. The monoisotopic (exact) mass is 374 g/mol. The van der Waals surface area contributed by atoms with Crippen molar-refractivity contribution in [2.75, 3.05) is 19.8 Å². The van der Waals surface area contributed by atoms with Gasteiger partial charge < -0.3 is 9.47 Å². The van der Waals surface area contributed by atoms with Crippen LogP contribution in [0, 0.1) is 0 Å². The molecule has 8 nitrogen and oxygen atoms in total. The molecule has 2 heterocycles. The lowest BCUT2D eigenvalue weighted by Crippen LogP contribution is -2.54. The van der Waals surface area contributed by atoms with Crippen molar-refractivity contribution in [1.82, 2.24) is 10.2 Å². The van der Waals surface area contributed by atoms with Gasteiger partial charge in [-0.1, -0.05) is 13.3 Å². The van der Waals surface area contributed by atoms with Crippen LogP contribution in [0.2, 0.25) is 0 Å². The van der Waals surface area contributed by atoms with E-state index in [1.807, 2.05) is 0 Å². The standard InChI is InChI=1S/C19H22N2O6/c1-2-3-8-26-9-10-27-12-4-5-13-14(11-12)19(25)21(18(13)24)15-6-7-16(22)20-17(15)23/h4-5,11,15H,2-3,6-10H2,1H3,(H,20,22,23). The molecule has 0 saturated carbocycles. The summed E-state index contributed by atoms with van der Waals surface area (Å²) in [6.45, 7) is 3.53. The molecule has 1 saturated heterocycles. The Morgan fingerprint density at radius 1 is 1.07 bits per heavy atom. The Labute approximate surface area is 156 Å². The third-order valence-corrected chi connectivity index (χ3v) is 4.55. The van der Waals surface area contributed by atoms with Crippen molar-refractivity contribution in [1.29, 1.82) is 0 Å². The molecule has 0 bridgehead atoms. The predicted octanol–water partition coefficient (Wildman–Crippen LogP) is 1.28. The van der Waals surface area contributed by atoms with E-state index in [9.17, 15) is 19.2 Å². The molecule has 8 heteroatoms. The molecule has 0 radical (unpaired) electrons. The van der Waals surface area contributed by atoms with Crippen LogP contribution in [0.3, 0.4) is 0 Å². The van der Waals surface area contributed by atoms with Crippen molar-refractivity contribution in [3.05, 3.63) is 29.3 Å². The molecule has 0 spiro atoms. The number of rotatable bonds is 8. The number of carbonyl (C=O) groups excluding carboxylic acids is 4. The minimum Gasteiger partial charge on any atom is -0.491 e. The van der Waals surface area contributed by atoms with Crippen molar-refractivity contribution in [3.63, 3.8) is 0 Å². The third kappa shape index (κ3) is 4.00. The Hall–Kier alpha value is -2.74. The topological polar surface area (TPSA) is 102 Å². The molecule has 1 N–H and O–H groups in total. The van der Waals surface area contributed by atoms with E-state index < -0.39 is 29.7 Å². The Balaban J connectivity index is 1.66. The van der Waals surface area contributed by atoms with Gasteiger partial charge in [0.1, 0.15) is 18.4 Å². The maximum absolute atomic E-state index is 12.7. The van der Waals surface area contributed by atoms with Crippen LogP contribution < -0.4 is 10.1 Å². The number of imide groups is 2. The summed E-state index contributed by atoms with van der Waals surface area (Å²) in [6, 6.07) is 3.68. The first kappa shape index (κ1) is 19.0. The van der Waals surface area contributed by atoms with Gasteiger partial charge in [-0.15, -0.1) is 0 Å². The normalized spacial score (nSPS) is 19.3. The second-order valence-electron chi connectivity index (χ2n) is 6.47. The summed E-state index contributed by atoms with van der Waals surface area (Å²) >= 11 is 0. The first-order valence-corrected chi connectivity index (χ1v) is 9.09. The molecule has 1 fully saturated rings. The number of benzene rings is 1. The second kappa shape index (κ2) is 8.30. The highest BCUT2D eigenvalue weighted by molar-refractivity contribution is 6.23. The average molecular weight is 374 g/mol. The number of amides is 4. The number of nitrogens with zero attached hydrogens (tertiary/aromatic N) is 1. The van der Waals surface area contributed by atoms with Crippen LogP contribution in [0.1, 0.15) is 53.3 Å². The number of carbonyl (C=O) groups is 4. The zero-order valence-electron chi connectivity index (χ0n) is 15.2. The van der Waals surface area contributed by atoms with E-state index >= 15 is 0 Å². The number of fused-ring (bicyclic) bond motifs is 1. The van der Waals surface area contributed by atoms with Crippen LogP contribution in [0.4, 0.5) is 0 Å². The van der Waals surface area contributed by atoms with Crippen molar-refractivity contribution >= 4 is 23.6 Å². The predicted molar refractivity (Wildman–Crippen MR) is 94.3 cm³/mol. The summed E-state index contributed by atoms with van der Waals surface area (Å²) in [5.74, 6) is -1.64. The lowest BCUT2D eigenvalue weighted by molar-refractivity contribution is -0.136. The van der Waals surface area contributed by atoms with Gasteiger partial charge in [-0.05, 0) is 31.0 Å². The van der Waals surface area contributed by atoms with Gasteiger partial charge in [0, 0.05) is 13.0 Å². The van der Waals surface area contributed by atoms with Gasteiger partial charge in [-0.2, -0.15) is 0 Å². The molecule has 1 atom stereocenters. The van der Waals surface area contributed by atoms with Crippen molar-refractivity contribution in [2.24, 2.45) is 0 Å². The summed E-state index contributed by atoms with van der Waals surface area (Å²) in [7, 11) is 0. The van der Waals surface area contributed by atoms with Gasteiger partial charge in [-0.25, -0.2) is 0 Å². The van der Waals surface area contributed by atoms with Crippen LogP contribution in [0.5, 0.6) is 5.75 Å². The van der Waals surface area contributed by atoms with Gasteiger partial charge >= 0.3 is 0 Å². The molecule has 3 rings (SSSR count). The Kier molecular flexibility index (Phi) is 5.85. The van der Waals surface area contributed by atoms with Crippen molar-refractivity contribution in [2.45, 2.75) is 38.6 Å². The fourth-order valence-electron chi connectivity index (χ4n) is 3.11. The number of hydrogen-bond acceptors (Lipinski definition) is 6. The first-order chi connectivity index (χ1) is 13.0. The highest BCUT2D eigenvalue weighted by atomic mass is 16.5. The van der Waals surface area contributed by atoms with E-state index in [-0.39, 0.29) is 24.0 Å². The SMILES string of the molecule is CCCCOCCOc1ccc2c(c1)C(=O)N(C1CCC(=O)NC1=O)C2=O. The highest BCUT2D eigenvalue weighted by Gasteiger charge is 2.44. The molecule has 0 aromatic heterocycles. The molecule has 144 valence electrons. The molecule has 1 aromatic carbocycles. The van der Waals surface area contributed by atoms with Crippen molar-refractivity contribution < 1.29 is 28.7 Å². The number of ether oxygens (including phenoxy) is 2. The summed E-state index contributed by atoms with van der Waals surface area (Å²) in [4.78, 5) is 49.5. The van der Waals surface area contributed by atoms with Crippen LogP contribution in [0.25, 0.3) is 0 Å². The zero-order valence-corrected chi connectivity index (χ0v) is 15.2. The average Bonchev–Trinajstić information content (AvgIpc) is 2.89. The number of nitrogens with one attached hydrogen (secondary N) is 1. The van der Waals surface area contributed by atoms with Gasteiger partial charge in [0.15, 0.2) is 0 Å². The molecule has 4 amide bonds. The van der Waals surface area contributed by atoms with Crippen LogP contribution in [-0.2, 0) is 14.3 Å². The maximum Gasteiger partial charge on any atom is 0.262 e. The van der Waals surface area contributed by atoms with E-state index in [1.165, 1.54) is 12.1 Å². The molecular formula is C19H22N2O6. The molecule has 2 aliphatic rings. The van der Waals surface area contributed by atoms with Crippen LogP contribution >= 0.6 is 0 Å². The third-order valence-electron chi connectivity index (χ3n) is 4.55. The minimum absolute atomic E-state index is 0.0935. The van der Waals surface area contributed by atoms with E-state index in [2.05, 4.69) is 12.2 Å². The van der Waals surface area contributed by atoms with Gasteiger partial charge in [-0.3, -0.25) is 29.4 Å². The highest BCUT2D eigenvalue weighted by Crippen LogP contribution is 2.30. The fraction of sp³-hybridized carbons (Fsp3) is 0.474. The molecular weight excluding hydrogens is 352 g/mol. The van der Waals surface area contributed by atoms with E-state index in [0.29, 0.717) is 25.6 Å². The summed E-state index contributed by atoms with van der Waals surface area (Å²) in [5.41, 5.74) is 0.436.